The number of rotatable bonds is 2. The molecule has 0 saturated carbocycles. The first-order chi connectivity index (χ1) is 11.2. The van der Waals surface area contributed by atoms with Gasteiger partial charge in [0.2, 0.25) is 0 Å². The fourth-order valence-electron chi connectivity index (χ4n) is 2.90. The molecule has 0 aliphatic carbocycles. The van der Waals surface area contributed by atoms with E-state index in [1.807, 2.05) is 35.7 Å². The molecule has 0 N–H and O–H groups in total. The Balaban J connectivity index is 1.55. The van der Waals surface area contributed by atoms with Crippen LogP contribution in [0, 0.1) is 18.3 Å². The zero-order valence-electron chi connectivity index (χ0n) is 12.5. The van der Waals surface area contributed by atoms with Gasteiger partial charge in [-0.1, -0.05) is 6.07 Å². The molecule has 7 nitrogen and oxygen atoms in total. The Hall–Kier alpha value is -3.14. The van der Waals surface area contributed by atoms with E-state index in [1.54, 1.807) is 22.0 Å². The number of carbonyl (C=O) groups excluding carboxylic acids is 1. The highest BCUT2D eigenvalue weighted by Crippen LogP contribution is 2.24. The second-order valence-corrected chi connectivity index (χ2v) is 5.66. The first-order valence-corrected chi connectivity index (χ1v) is 7.34. The number of nitriles is 1. The van der Waals surface area contributed by atoms with Crippen molar-refractivity contribution in [2.45, 2.75) is 13.0 Å². The fourth-order valence-corrected chi connectivity index (χ4v) is 2.90. The van der Waals surface area contributed by atoms with Gasteiger partial charge in [0.25, 0.3) is 5.91 Å². The van der Waals surface area contributed by atoms with Crippen molar-refractivity contribution in [2.24, 2.45) is 0 Å². The lowest BCUT2D eigenvalue weighted by atomic mass is 10.1. The van der Waals surface area contributed by atoms with Crippen LogP contribution in [0.3, 0.4) is 0 Å². The van der Waals surface area contributed by atoms with Gasteiger partial charge in [-0.3, -0.25) is 13.9 Å². The van der Waals surface area contributed by atoms with Crippen molar-refractivity contribution < 1.29 is 4.79 Å². The standard InChI is InChI=1S/C16H14N6O/c1-11-15(21-5-3-2-4-14(21)19-11)16(23)20-9-13(10-20)22-8-12(6-17)7-18-22/h2-5,7-8,13H,9-10H2,1H3. The number of imidazole rings is 1. The van der Waals surface area contributed by atoms with Crippen molar-refractivity contribution in [2.75, 3.05) is 13.1 Å². The number of hydrogen-bond acceptors (Lipinski definition) is 4. The summed E-state index contributed by atoms with van der Waals surface area (Å²) in [5.41, 5.74) is 2.65. The molecule has 1 saturated heterocycles. The normalized spacial score (nSPS) is 14.7. The van der Waals surface area contributed by atoms with Crippen LogP contribution in [0.1, 0.15) is 27.8 Å². The minimum absolute atomic E-state index is 0.0230. The summed E-state index contributed by atoms with van der Waals surface area (Å²) in [7, 11) is 0. The Morgan fingerprint density at radius 2 is 2.22 bits per heavy atom. The van der Waals surface area contributed by atoms with Gasteiger partial charge in [0.1, 0.15) is 17.4 Å². The van der Waals surface area contributed by atoms with Crippen LogP contribution in [-0.4, -0.2) is 43.1 Å². The number of likely N-dealkylation sites (tertiary alicyclic amines) is 1. The van der Waals surface area contributed by atoms with E-state index in [0.29, 0.717) is 24.3 Å². The lowest BCUT2D eigenvalue weighted by Crippen LogP contribution is -2.51. The number of aromatic nitrogens is 4. The summed E-state index contributed by atoms with van der Waals surface area (Å²) in [6.07, 6.45) is 5.11. The van der Waals surface area contributed by atoms with Crippen molar-refractivity contribution in [3.8, 4) is 6.07 Å². The third-order valence-corrected chi connectivity index (χ3v) is 4.16. The van der Waals surface area contributed by atoms with Gasteiger partial charge < -0.3 is 4.90 Å². The average Bonchev–Trinajstić information content (AvgIpc) is 3.08. The Kier molecular flexibility index (Phi) is 2.91. The highest BCUT2D eigenvalue weighted by molar-refractivity contribution is 5.95. The summed E-state index contributed by atoms with van der Waals surface area (Å²) in [4.78, 5) is 19.0. The van der Waals surface area contributed by atoms with Crippen LogP contribution in [0.5, 0.6) is 0 Å². The molecule has 1 amide bonds. The van der Waals surface area contributed by atoms with E-state index in [2.05, 4.69) is 16.2 Å². The molecule has 0 bridgehead atoms. The lowest BCUT2D eigenvalue weighted by Gasteiger charge is -2.39. The fraction of sp³-hybridized carbons (Fsp3) is 0.250. The number of carbonyl (C=O) groups is 1. The van der Waals surface area contributed by atoms with Gasteiger partial charge in [-0.15, -0.1) is 0 Å². The van der Waals surface area contributed by atoms with Crippen LogP contribution in [0.15, 0.2) is 36.8 Å². The second kappa shape index (κ2) is 4.95. The molecule has 4 heterocycles. The van der Waals surface area contributed by atoms with Gasteiger partial charge in [-0.25, -0.2) is 4.98 Å². The van der Waals surface area contributed by atoms with Crippen LogP contribution < -0.4 is 0 Å². The van der Waals surface area contributed by atoms with E-state index in [0.717, 1.165) is 11.3 Å². The molecule has 1 fully saturated rings. The van der Waals surface area contributed by atoms with Crippen molar-refractivity contribution in [1.29, 1.82) is 5.26 Å². The zero-order valence-corrected chi connectivity index (χ0v) is 12.5. The summed E-state index contributed by atoms with van der Waals surface area (Å²) >= 11 is 0. The number of pyridine rings is 1. The van der Waals surface area contributed by atoms with E-state index in [1.165, 1.54) is 0 Å². The first kappa shape index (κ1) is 13.5. The van der Waals surface area contributed by atoms with Crippen LogP contribution in [-0.2, 0) is 0 Å². The number of amides is 1. The maximum absolute atomic E-state index is 12.7. The maximum atomic E-state index is 12.7. The molecule has 23 heavy (non-hydrogen) atoms. The van der Waals surface area contributed by atoms with E-state index in [9.17, 15) is 4.79 Å². The monoisotopic (exact) mass is 306 g/mol. The number of nitrogens with zero attached hydrogens (tertiary/aromatic N) is 6. The maximum Gasteiger partial charge on any atom is 0.272 e. The molecule has 0 unspecified atom stereocenters. The van der Waals surface area contributed by atoms with Crippen LogP contribution in [0.25, 0.3) is 5.65 Å². The molecule has 0 aromatic carbocycles. The average molecular weight is 306 g/mol. The predicted octanol–water partition coefficient (Wildman–Crippen LogP) is 1.41. The summed E-state index contributed by atoms with van der Waals surface area (Å²) in [6, 6.07) is 7.86. The molecule has 1 aliphatic rings. The van der Waals surface area contributed by atoms with Crippen molar-refractivity contribution in [3.05, 3.63) is 53.7 Å². The van der Waals surface area contributed by atoms with Crippen molar-refractivity contribution in [1.82, 2.24) is 24.1 Å². The summed E-state index contributed by atoms with van der Waals surface area (Å²) in [6.45, 7) is 3.03. The molecule has 0 radical (unpaired) electrons. The Bertz CT molecular complexity index is 941. The van der Waals surface area contributed by atoms with Crippen LogP contribution >= 0.6 is 0 Å². The van der Waals surface area contributed by atoms with E-state index >= 15 is 0 Å². The van der Waals surface area contributed by atoms with Crippen LogP contribution in [0.4, 0.5) is 0 Å². The minimum atomic E-state index is -0.0230. The molecule has 4 rings (SSSR count). The molecule has 3 aromatic rings. The van der Waals surface area contributed by atoms with E-state index in [4.69, 9.17) is 5.26 Å². The van der Waals surface area contributed by atoms with Gasteiger partial charge in [0.05, 0.1) is 23.5 Å². The summed E-state index contributed by atoms with van der Waals surface area (Å²) in [5, 5.41) is 13.0. The van der Waals surface area contributed by atoms with Crippen molar-refractivity contribution in [3.63, 3.8) is 0 Å². The molecule has 114 valence electrons. The summed E-state index contributed by atoms with van der Waals surface area (Å²) < 4.78 is 3.58. The Morgan fingerprint density at radius 1 is 1.39 bits per heavy atom. The van der Waals surface area contributed by atoms with Gasteiger partial charge in [-0.05, 0) is 19.1 Å². The van der Waals surface area contributed by atoms with E-state index in [-0.39, 0.29) is 11.9 Å². The summed E-state index contributed by atoms with van der Waals surface area (Å²) in [5.74, 6) is -0.0230. The SMILES string of the molecule is Cc1nc2ccccn2c1C(=O)N1CC(n2cc(C#N)cn2)C1. The Labute approximate surface area is 132 Å². The Morgan fingerprint density at radius 3 is 2.96 bits per heavy atom. The molecule has 0 spiro atoms. The van der Waals surface area contributed by atoms with Gasteiger partial charge in [-0.2, -0.15) is 10.4 Å². The highest BCUT2D eigenvalue weighted by Gasteiger charge is 2.35. The molecule has 3 aromatic heterocycles. The van der Waals surface area contributed by atoms with Gasteiger partial charge in [0.15, 0.2) is 0 Å². The van der Waals surface area contributed by atoms with E-state index < -0.39 is 0 Å². The molecule has 1 aliphatic heterocycles. The van der Waals surface area contributed by atoms with Gasteiger partial charge >= 0.3 is 0 Å². The topological polar surface area (TPSA) is 79.2 Å². The largest absolute Gasteiger partial charge is 0.333 e. The predicted molar refractivity (Wildman–Crippen MR) is 81.8 cm³/mol. The quantitative estimate of drug-likeness (QED) is 0.717. The molecule has 7 heteroatoms. The van der Waals surface area contributed by atoms with Gasteiger partial charge in [0, 0.05) is 25.5 Å². The van der Waals surface area contributed by atoms with Crippen molar-refractivity contribution >= 4 is 11.6 Å². The molecule has 0 atom stereocenters. The highest BCUT2D eigenvalue weighted by atomic mass is 16.2. The molecular formula is C16H14N6O. The van der Waals surface area contributed by atoms with Crippen LogP contribution in [0.2, 0.25) is 0 Å². The second-order valence-electron chi connectivity index (χ2n) is 5.66. The third-order valence-electron chi connectivity index (χ3n) is 4.16. The third kappa shape index (κ3) is 2.07. The first-order valence-electron chi connectivity index (χ1n) is 7.34. The number of aryl methyl sites for hydroxylation is 1. The zero-order chi connectivity index (χ0) is 16.0. The number of fused-ring (bicyclic) bond motifs is 1. The lowest BCUT2D eigenvalue weighted by molar-refractivity contribution is 0.0493. The smallest absolute Gasteiger partial charge is 0.272 e. The molecular weight excluding hydrogens is 292 g/mol. The number of hydrogen-bond donors (Lipinski definition) is 0. The minimum Gasteiger partial charge on any atom is -0.333 e.